The maximum absolute atomic E-state index is 11.7. The lowest BCUT2D eigenvalue weighted by Crippen LogP contribution is -2.13. The number of Topliss-reactive ketones (excluding diaryl/α,β-unsaturated/α-hetero) is 1. The third kappa shape index (κ3) is 5.23. The Bertz CT molecular complexity index is 557. The molecule has 0 atom stereocenters. The van der Waals surface area contributed by atoms with Crippen molar-refractivity contribution in [1.82, 2.24) is 4.98 Å². The van der Waals surface area contributed by atoms with Crippen LogP contribution < -0.4 is 0 Å². The fourth-order valence-corrected chi connectivity index (χ4v) is 2.29. The van der Waals surface area contributed by atoms with E-state index in [0.717, 1.165) is 16.5 Å². The van der Waals surface area contributed by atoms with Crippen molar-refractivity contribution in [2.45, 2.75) is 12.8 Å². The maximum atomic E-state index is 11.7. The van der Waals surface area contributed by atoms with Gasteiger partial charge in [-0.25, -0.2) is 0 Å². The van der Waals surface area contributed by atoms with Gasteiger partial charge in [0.15, 0.2) is 5.78 Å². The summed E-state index contributed by atoms with van der Waals surface area (Å²) in [6, 6.07) is 11.8. The molecule has 3 nitrogen and oxygen atoms in total. The molecular formula is C16H16BrNO2. The van der Waals surface area contributed by atoms with E-state index in [2.05, 4.69) is 27.0 Å². The van der Waals surface area contributed by atoms with Crippen molar-refractivity contribution >= 4 is 21.7 Å². The summed E-state index contributed by atoms with van der Waals surface area (Å²) in [5.74, 6) is 0.0884. The molecular weight excluding hydrogens is 318 g/mol. The zero-order valence-electron chi connectivity index (χ0n) is 11.1. The first-order chi connectivity index (χ1) is 9.74. The van der Waals surface area contributed by atoms with E-state index in [-0.39, 0.29) is 12.4 Å². The third-order valence-corrected chi connectivity index (χ3v) is 3.33. The first-order valence-corrected chi connectivity index (χ1v) is 7.26. The van der Waals surface area contributed by atoms with E-state index in [1.165, 1.54) is 5.56 Å². The molecule has 0 aliphatic carbocycles. The second-order valence-electron chi connectivity index (χ2n) is 4.50. The van der Waals surface area contributed by atoms with Gasteiger partial charge in [0.1, 0.15) is 6.61 Å². The van der Waals surface area contributed by atoms with Gasteiger partial charge in [0, 0.05) is 23.3 Å². The van der Waals surface area contributed by atoms with Crippen molar-refractivity contribution in [3.8, 4) is 0 Å². The van der Waals surface area contributed by atoms with Gasteiger partial charge in [0.2, 0.25) is 0 Å². The Hall–Kier alpha value is -1.52. The largest absolute Gasteiger partial charge is 0.373 e. The Balaban J connectivity index is 1.67. The van der Waals surface area contributed by atoms with Gasteiger partial charge in [-0.15, -0.1) is 0 Å². The quantitative estimate of drug-likeness (QED) is 0.730. The predicted octanol–water partition coefficient (Wildman–Crippen LogP) is 3.22. The van der Waals surface area contributed by atoms with Crippen molar-refractivity contribution in [2.75, 3.05) is 13.2 Å². The highest BCUT2D eigenvalue weighted by Crippen LogP contribution is 2.12. The number of hydrogen-bond acceptors (Lipinski definition) is 3. The molecule has 0 amide bonds. The Morgan fingerprint density at radius 3 is 2.70 bits per heavy atom. The van der Waals surface area contributed by atoms with Gasteiger partial charge in [-0.05, 0) is 41.8 Å². The number of pyridine rings is 1. The van der Waals surface area contributed by atoms with Gasteiger partial charge in [-0.1, -0.05) is 28.1 Å². The highest BCUT2D eigenvalue weighted by atomic mass is 79.9. The van der Waals surface area contributed by atoms with Gasteiger partial charge in [-0.2, -0.15) is 0 Å². The number of aromatic nitrogens is 1. The molecule has 2 rings (SSSR count). The fourth-order valence-electron chi connectivity index (χ4n) is 1.85. The highest BCUT2D eigenvalue weighted by molar-refractivity contribution is 9.10. The van der Waals surface area contributed by atoms with Crippen LogP contribution in [-0.4, -0.2) is 24.0 Å². The molecule has 20 heavy (non-hydrogen) atoms. The van der Waals surface area contributed by atoms with Crippen LogP contribution in [0, 0.1) is 0 Å². The molecule has 0 aliphatic heterocycles. The third-order valence-electron chi connectivity index (χ3n) is 2.84. The van der Waals surface area contributed by atoms with Crippen molar-refractivity contribution < 1.29 is 9.53 Å². The van der Waals surface area contributed by atoms with Crippen molar-refractivity contribution in [3.05, 3.63) is 64.4 Å². The number of benzene rings is 1. The lowest BCUT2D eigenvalue weighted by molar-refractivity contribution is -0.122. The molecule has 1 aromatic carbocycles. The van der Waals surface area contributed by atoms with E-state index in [9.17, 15) is 4.79 Å². The summed E-state index contributed by atoms with van der Waals surface area (Å²) in [6.07, 6.45) is 4.59. The summed E-state index contributed by atoms with van der Waals surface area (Å²) in [6.45, 7) is 0.717. The molecule has 1 heterocycles. The van der Waals surface area contributed by atoms with Crippen molar-refractivity contribution in [1.29, 1.82) is 0 Å². The number of rotatable bonds is 7. The van der Waals surface area contributed by atoms with Crippen LogP contribution in [0.1, 0.15) is 11.1 Å². The molecule has 2 aromatic rings. The summed E-state index contributed by atoms with van der Waals surface area (Å²) >= 11 is 3.43. The highest BCUT2D eigenvalue weighted by Gasteiger charge is 2.04. The van der Waals surface area contributed by atoms with Crippen LogP contribution in [-0.2, 0) is 22.4 Å². The zero-order chi connectivity index (χ0) is 14.2. The summed E-state index contributed by atoms with van der Waals surface area (Å²) in [5.41, 5.74) is 2.17. The first-order valence-electron chi connectivity index (χ1n) is 6.47. The van der Waals surface area contributed by atoms with Crippen LogP contribution >= 0.6 is 15.9 Å². The molecule has 0 unspecified atom stereocenters. The molecule has 0 N–H and O–H groups in total. The van der Waals surface area contributed by atoms with E-state index >= 15 is 0 Å². The van der Waals surface area contributed by atoms with E-state index in [1.807, 2.05) is 30.3 Å². The van der Waals surface area contributed by atoms with Crippen LogP contribution in [0.5, 0.6) is 0 Å². The number of carbonyl (C=O) groups excluding carboxylic acids is 1. The lowest BCUT2D eigenvalue weighted by atomic mass is 10.1. The summed E-state index contributed by atoms with van der Waals surface area (Å²) in [5, 5.41) is 0. The van der Waals surface area contributed by atoms with E-state index < -0.39 is 0 Å². The first kappa shape index (κ1) is 14.9. The minimum Gasteiger partial charge on any atom is -0.373 e. The molecule has 0 bridgehead atoms. The van der Waals surface area contributed by atoms with Crippen LogP contribution in [0.4, 0.5) is 0 Å². The molecule has 0 saturated heterocycles. The molecule has 4 heteroatoms. The summed E-state index contributed by atoms with van der Waals surface area (Å²) in [4.78, 5) is 15.6. The molecule has 0 spiro atoms. The molecule has 0 aliphatic rings. The smallest absolute Gasteiger partial charge is 0.162 e. The number of halogens is 1. The van der Waals surface area contributed by atoms with Gasteiger partial charge < -0.3 is 4.74 Å². The number of carbonyl (C=O) groups is 1. The summed E-state index contributed by atoms with van der Waals surface area (Å²) < 4.78 is 6.49. The predicted molar refractivity (Wildman–Crippen MR) is 81.6 cm³/mol. The second-order valence-corrected chi connectivity index (χ2v) is 5.42. The number of hydrogen-bond donors (Lipinski definition) is 0. The van der Waals surface area contributed by atoms with E-state index in [0.29, 0.717) is 13.0 Å². The molecule has 1 aromatic heterocycles. The van der Waals surface area contributed by atoms with Gasteiger partial charge in [0.25, 0.3) is 0 Å². The number of ketones is 1. The maximum Gasteiger partial charge on any atom is 0.162 e. The van der Waals surface area contributed by atoms with Crippen molar-refractivity contribution in [2.24, 2.45) is 0 Å². The molecule has 104 valence electrons. The molecule has 0 fully saturated rings. The van der Waals surface area contributed by atoms with Crippen LogP contribution in [0.2, 0.25) is 0 Å². The second kappa shape index (κ2) is 7.92. The minimum atomic E-state index is 0.0884. The Labute approximate surface area is 127 Å². The average molecular weight is 334 g/mol. The number of nitrogens with zero attached hydrogens (tertiary/aromatic N) is 1. The van der Waals surface area contributed by atoms with Crippen LogP contribution in [0.25, 0.3) is 0 Å². The van der Waals surface area contributed by atoms with E-state index in [1.54, 1.807) is 12.4 Å². The normalized spacial score (nSPS) is 10.4. The fraction of sp³-hybridized carbons (Fsp3) is 0.250. The van der Waals surface area contributed by atoms with Gasteiger partial charge >= 0.3 is 0 Å². The lowest BCUT2D eigenvalue weighted by Gasteiger charge is -2.05. The standard InChI is InChI=1S/C16H16BrNO2/c17-15-3-1-2-13(10-15)6-9-20-12-16(19)11-14-4-7-18-8-5-14/h1-5,7-8,10H,6,9,11-12H2. The van der Waals surface area contributed by atoms with Gasteiger partial charge in [-0.3, -0.25) is 9.78 Å². The van der Waals surface area contributed by atoms with E-state index in [4.69, 9.17) is 4.74 Å². The SMILES string of the molecule is O=C(COCCc1cccc(Br)c1)Cc1ccncc1. The van der Waals surface area contributed by atoms with Crippen LogP contribution in [0.3, 0.4) is 0 Å². The molecule has 0 saturated carbocycles. The zero-order valence-corrected chi connectivity index (χ0v) is 12.7. The van der Waals surface area contributed by atoms with Crippen molar-refractivity contribution in [3.63, 3.8) is 0 Å². The minimum absolute atomic E-state index is 0.0884. The summed E-state index contributed by atoms with van der Waals surface area (Å²) in [7, 11) is 0. The Kier molecular flexibility index (Phi) is 5.89. The van der Waals surface area contributed by atoms with Crippen LogP contribution in [0.15, 0.2) is 53.3 Å². The Morgan fingerprint density at radius 1 is 1.15 bits per heavy atom. The number of ether oxygens (including phenoxy) is 1. The average Bonchev–Trinajstić information content (AvgIpc) is 2.45. The monoisotopic (exact) mass is 333 g/mol. The topological polar surface area (TPSA) is 39.2 Å². The van der Waals surface area contributed by atoms with Gasteiger partial charge in [0.05, 0.1) is 6.61 Å². The Morgan fingerprint density at radius 2 is 1.95 bits per heavy atom. The molecule has 0 radical (unpaired) electrons.